The van der Waals surface area contributed by atoms with Crippen molar-refractivity contribution >= 4 is 31.6 Å². The fourth-order valence-corrected chi connectivity index (χ4v) is 6.27. The molecule has 9 heteroatoms. The minimum absolute atomic E-state index is 0.0983. The predicted molar refractivity (Wildman–Crippen MR) is 120 cm³/mol. The fraction of sp³-hybridized carbons (Fsp3) is 0.714. The van der Waals surface area contributed by atoms with Crippen LogP contribution in [0.25, 0.3) is 0 Å². The minimum atomic E-state index is -3.72. The molecule has 2 saturated heterocycles. The van der Waals surface area contributed by atoms with Crippen LogP contribution in [0.3, 0.4) is 0 Å². The molecule has 2 aliphatic heterocycles. The second kappa shape index (κ2) is 9.42. The van der Waals surface area contributed by atoms with Crippen LogP contribution < -0.4 is 5.32 Å². The van der Waals surface area contributed by atoms with Crippen molar-refractivity contribution in [2.24, 2.45) is 5.92 Å². The van der Waals surface area contributed by atoms with Crippen molar-refractivity contribution in [3.63, 3.8) is 0 Å². The van der Waals surface area contributed by atoms with Crippen LogP contribution in [0.5, 0.6) is 0 Å². The number of hydrogen-bond donors (Lipinski definition) is 1. The largest absolute Gasteiger partial charge is 0.380 e. The summed E-state index contributed by atoms with van der Waals surface area (Å²) in [6.07, 6.45) is 0.513. The lowest BCUT2D eigenvalue weighted by atomic mass is 10.0. The topological polar surface area (TPSA) is 77.1 Å². The van der Waals surface area contributed by atoms with Gasteiger partial charge >= 0.3 is 0 Å². The number of nitrogens with zero attached hydrogens (tertiary/aromatic N) is 1. The Morgan fingerprint density at radius 3 is 2.60 bits per heavy atom. The molecule has 0 amide bonds. The molecule has 1 unspecified atom stereocenters. The molecule has 2 fully saturated rings. The number of sulfonamides is 1. The van der Waals surface area contributed by atoms with Gasteiger partial charge in [0.1, 0.15) is 11.0 Å². The predicted octanol–water partition coefficient (Wildman–Crippen LogP) is 3.84. The third-order valence-corrected chi connectivity index (χ3v) is 8.13. The summed E-state index contributed by atoms with van der Waals surface area (Å²) in [4.78, 5) is 0.267. The van der Waals surface area contributed by atoms with Crippen molar-refractivity contribution in [3.8, 4) is 0 Å². The lowest BCUT2D eigenvalue weighted by molar-refractivity contribution is -0.139. The average Bonchev–Trinajstić information content (AvgIpc) is 2.86. The van der Waals surface area contributed by atoms with E-state index < -0.39 is 15.8 Å². The van der Waals surface area contributed by atoms with Gasteiger partial charge in [-0.1, -0.05) is 29.8 Å². The second-order valence-electron chi connectivity index (χ2n) is 8.77. The lowest BCUT2D eigenvalue weighted by Crippen LogP contribution is -2.44. The zero-order chi connectivity index (χ0) is 22.1. The molecule has 3 rings (SSSR count). The molecular formula is C21H33BrN2O5S. The third-order valence-electron chi connectivity index (χ3n) is 5.65. The summed E-state index contributed by atoms with van der Waals surface area (Å²) >= 11 is 3.47. The van der Waals surface area contributed by atoms with Gasteiger partial charge in [0.25, 0.3) is 0 Å². The van der Waals surface area contributed by atoms with Crippen LogP contribution in [0.1, 0.15) is 41.0 Å². The quantitative estimate of drug-likeness (QED) is 0.633. The SMILES string of the molecule is CC(C)C1CCOCCN1S(=O)(=O)c1ccc(Br)cc1N[C@@H](C)[C@H]1COC(C)(C)O1. The van der Waals surface area contributed by atoms with Gasteiger partial charge in [-0.05, 0) is 51.3 Å². The van der Waals surface area contributed by atoms with Gasteiger partial charge in [-0.15, -0.1) is 0 Å². The number of anilines is 1. The van der Waals surface area contributed by atoms with Crippen LogP contribution in [0.15, 0.2) is 27.6 Å². The molecule has 1 aromatic carbocycles. The van der Waals surface area contributed by atoms with Crippen LogP contribution in [0.4, 0.5) is 5.69 Å². The highest BCUT2D eigenvalue weighted by Crippen LogP contribution is 2.33. The van der Waals surface area contributed by atoms with Gasteiger partial charge in [-0.3, -0.25) is 0 Å². The standard InChI is InChI=1S/C21H33BrN2O5S/c1-14(2)18-8-10-27-11-9-24(18)30(25,26)20-7-6-16(22)12-17(20)23-15(3)19-13-28-21(4,5)29-19/h6-7,12,14-15,18-19,23H,8-11,13H2,1-5H3/t15-,18?,19+/m0/s1. The molecule has 2 aliphatic rings. The molecule has 3 atom stereocenters. The van der Waals surface area contributed by atoms with Gasteiger partial charge in [-0.25, -0.2) is 8.42 Å². The zero-order valence-electron chi connectivity index (χ0n) is 18.4. The molecule has 1 N–H and O–H groups in total. The van der Waals surface area contributed by atoms with E-state index in [-0.39, 0.29) is 29.0 Å². The number of halogens is 1. The molecule has 1 aromatic rings. The van der Waals surface area contributed by atoms with Crippen molar-refractivity contribution < 1.29 is 22.6 Å². The van der Waals surface area contributed by atoms with E-state index in [0.29, 0.717) is 38.5 Å². The summed E-state index contributed by atoms with van der Waals surface area (Å²) in [5, 5.41) is 3.36. The number of ether oxygens (including phenoxy) is 3. The Morgan fingerprint density at radius 2 is 1.97 bits per heavy atom. The van der Waals surface area contributed by atoms with E-state index in [2.05, 4.69) is 35.1 Å². The summed E-state index contributed by atoms with van der Waals surface area (Å²) in [5.41, 5.74) is 0.554. The van der Waals surface area contributed by atoms with E-state index in [4.69, 9.17) is 14.2 Å². The summed E-state index contributed by atoms with van der Waals surface area (Å²) in [5.74, 6) is -0.443. The van der Waals surface area contributed by atoms with Crippen molar-refractivity contribution in [2.75, 3.05) is 31.7 Å². The van der Waals surface area contributed by atoms with Crippen molar-refractivity contribution in [3.05, 3.63) is 22.7 Å². The van der Waals surface area contributed by atoms with Gasteiger partial charge in [0.15, 0.2) is 5.79 Å². The van der Waals surface area contributed by atoms with E-state index in [1.807, 2.05) is 26.8 Å². The maximum Gasteiger partial charge on any atom is 0.245 e. The first-order chi connectivity index (χ1) is 14.0. The average molecular weight is 505 g/mol. The Bertz CT molecular complexity index is 846. The highest BCUT2D eigenvalue weighted by Gasteiger charge is 2.38. The van der Waals surface area contributed by atoms with E-state index >= 15 is 0 Å². The molecule has 170 valence electrons. The fourth-order valence-electron chi connectivity index (χ4n) is 4.00. The third kappa shape index (κ3) is 5.37. The summed E-state index contributed by atoms with van der Waals surface area (Å²) in [6.45, 7) is 11.6. The first-order valence-corrected chi connectivity index (χ1v) is 12.7. The van der Waals surface area contributed by atoms with Crippen LogP contribution in [0, 0.1) is 5.92 Å². The van der Waals surface area contributed by atoms with Gasteiger partial charge < -0.3 is 19.5 Å². The van der Waals surface area contributed by atoms with Crippen LogP contribution in [-0.2, 0) is 24.2 Å². The van der Waals surface area contributed by atoms with Crippen LogP contribution in [0.2, 0.25) is 0 Å². The number of rotatable bonds is 6. The van der Waals surface area contributed by atoms with E-state index in [1.165, 1.54) is 0 Å². The smallest absolute Gasteiger partial charge is 0.245 e. The van der Waals surface area contributed by atoms with Gasteiger partial charge in [0.2, 0.25) is 10.0 Å². The molecule has 0 spiro atoms. The minimum Gasteiger partial charge on any atom is -0.380 e. The molecule has 2 heterocycles. The van der Waals surface area contributed by atoms with Crippen molar-refractivity contribution in [1.29, 1.82) is 0 Å². The van der Waals surface area contributed by atoms with Crippen molar-refractivity contribution in [2.45, 2.75) is 69.9 Å². The Morgan fingerprint density at radius 1 is 1.23 bits per heavy atom. The Hall–Kier alpha value is -0.710. The number of benzene rings is 1. The molecule has 0 saturated carbocycles. The number of nitrogens with one attached hydrogen (secondary N) is 1. The zero-order valence-corrected chi connectivity index (χ0v) is 20.8. The monoisotopic (exact) mass is 504 g/mol. The first-order valence-electron chi connectivity index (χ1n) is 10.5. The molecule has 7 nitrogen and oxygen atoms in total. The summed E-state index contributed by atoms with van der Waals surface area (Å²) in [7, 11) is -3.72. The highest BCUT2D eigenvalue weighted by atomic mass is 79.9. The molecule has 30 heavy (non-hydrogen) atoms. The molecule has 0 aromatic heterocycles. The maximum atomic E-state index is 13.8. The van der Waals surface area contributed by atoms with Crippen LogP contribution >= 0.6 is 15.9 Å². The Kier molecular flexibility index (Phi) is 7.52. The molecular weight excluding hydrogens is 472 g/mol. The Labute approximate surface area is 188 Å². The van der Waals surface area contributed by atoms with Gasteiger partial charge in [0, 0.05) is 23.7 Å². The van der Waals surface area contributed by atoms with E-state index in [9.17, 15) is 8.42 Å². The summed E-state index contributed by atoms with van der Waals surface area (Å²) in [6, 6.07) is 5.00. The van der Waals surface area contributed by atoms with Crippen molar-refractivity contribution in [1.82, 2.24) is 4.31 Å². The number of hydrogen-bond acceptors (Lipinski definition) is 6. The highest BCUT2D eigenvalue weighted by molar-refractivity contribution is 9.10. The normalized spacial score (nSPS) is 26.5. The maximum absolute atomic E-state index is 13.8. The van der Waals surface area contributed by atoms with Gasteiger partial charge in [-0.2, -0.15) is 4.31 Å². The van der Waals surface area contributed by atoms with Crippen LogP contribution in [-0.4, -0.2) is 63.1 Å². The van der Waals surface area contributed by atoms with E-state index in [0.717, 1.165) is 4.47 Å². The lowest BCUT2D eigenvalue weighted by Gasteiger charge is -2.32. The Balaban J connectivity index is 1.91. The summed E-state index contributed by atoms with van der Waals surface area (Å²) < 4.78 is 47.1. The van der Waals surface area contributed by atoms with Gasteiger partial charge in [0.05, 0.1) is 24.9 Å². The molecule has 0 aliphatic carbocycles. The second-order valence-corrected chi connectivity index (χ2v) is 11.5. The van der Waals surface area contributed by atoms with E-state index in [1.54, 1.807) is 16.4 Å². The first kappa shape index (κ1) is 23.9. The molecule has 0 radical (unpaired) electrons. The molecule has 0 bridgehead atoms.